The summed E-state index contributed by atoms with van der Waals surface area (Å²) in [6.45, 7) is 0. The topological polar surface area (TPSA) is 132 Å². The van der Waals surface area contributed by atoms with Gasteiger partial charge in [0.05, 0.1) is 21.2 Å². The number of nitrogens with one attached hydrogen (secondary N) is 1. The van der Waals surface area contributed by atoms with Gasteiger partial charge in [0.25, 0.3) is 10.0 Å². The van der Waals surface area contributed by atoms with Gasteiger partial charge in [0, 0.05) is 0 Å². The summed E-state index contributed by atoms with van der Waals surface area (Å²) < 4.78 is 49.3. The van der Waals surface area contributed by atoms with Crippen LogP contribution in [0.2, 0.25) is 0 Å². The van der Waals surface area contributed by atoms with E-state index < -0.39 is 20.0 Å². The molecule has 9 heteroatoms. The number of nitrogens with two attached hydrogens (primary N) is 2. The van der Waals surface area contributed by atoms with Crippen LogP contribution in [0.4, 0.5) is 11.4 Å². The summed E-state index contributed by atoms with van der Waals surface area (Å²) in [5, 5.41) is 4.98. The summed E-state index contributed by atoms with van der Waals surface area (Å²) in [6.07, 6.45) is 0. The third-order valence-electron chi connectivity index (χ3n) is 2.65. The van der Waals surface area contributed by atoms with Crippen molar-refractivity contribution in [1.29, 1.82) is 0 Å². The summed E-state index contributed by atoms with van der Waals surface area (Å²) >= 11 is 0. The second kappa shape index (κ2) is 5.35. The fourth-order valence-electron chi connectivity index (χ4n) is 1.61. The van der Waals surface area contributed by atoms with Gasteiger partial charge >= 0.3 is 0 Å². The summed E-state index contributed by atoms with van der Waals surface area (Å²) in [5.74, 6) is 0. The SMILES string of the molecule is Nc1ccccc1NS(=O)(=O)c1cccc(S(N)(=O)=O)c1. The lowest BCUT2D eigenvalue weighted by Gasteiger charge is -2.10. The van der Waals surface area contributed by atoms with Crippen molar-refractivity contribution in [3.8, 4) is 0 Å². The van der Waals surface area contributed by atoms with E-state index in [1.54, 1.807) is 18.2 Å². The minimum Gasteiger partial charge on any atom is -0.397 e. The molecule has 2 rings (SSSR count). The molecule has 0 aromatic heterocycles. The Hall–Kier alpha value is -2.10. The number of rotatable bonds is 4. The zero-order chi connectivity index (χ0) is 15.7. The molecule has 0 heterocycles. The zero-order valence-corrected chi connectivity index (χ0v) is 12.4. The number of nitrogen functional groups attached to an aromatic ring is 1. The van der Waals surface area contributed by atoms with E-state index in [4.69, 9.17) is 10.9 Å². The van der Waals surface area contributed by atoms with Crippen molar-refractivity contribution < 1.29 is 16.8 Å². The fraction of sp³-hybridized carbons (Fsp3) is 0. The number of anilines is 2. The number of sulfonamides is 2. The third kappa shape index (κ3) is 3.51. The van der Waals surface area contributed by atoms with Gasteiger partial charge in [-0.25, -0.2) is 22.0 Å². The first-order valence-corrected chi connectivity index (χ1v) is 8.73. The van der Waals surface area contributed by atoms with E-state index in [-0.39, 0.29) is 21.2 Å². The standard InChI is InChI=1S/C12H13N3O4S2/c13-11-6-1-2-7-12(11)15-21(18,19)10-5-3-4-9(8-10)20(14,16)17/h1-8,15H,13H2,(H2,14,16,17). The lowest BCUT2D eigenvalue weighted by atomic mass is 10.3. The molecule has 0 saturated carbocycles. The highest BCUT2D eigenvalue weighted by molar-refractivity contribution is 7.93. The van der Waals surface area contributed by atoms with Crippen LogP contribution in [0, 0.1) is 0 Å². The van der Waals surface area contributed by atoms with E-state index in [0.29, 0.717) is 0 Å². The van der Waals surface area contributed by atoms with Crippen molar-refractivity contribution in [3.63, 3.8) is 0 Å². The molecule has 0 radical (unpaired) electrons. The zero-order valence-electron chi connectivity index (χ0n) is 10.7. The quantitative estimate of drug-likeness (QED) is 0.712. The Balaban J connectivity index is 2.44. The molecule has 21 heavy (non-hydrogen) atoms. The Bertz CT molecular complexity index is 877. The molecular weight excluding hydrogens is 314 g/mol. The van der Waals surface area contributed by atoms with Crippen LogP contribution in [0.3, 0.4) is 0 Å². The van der Waals surface area contributed by atoms with Crippen molar-refractivity contribution in [2.45, 2.75) is 9.79 Å². The molecule has 112 valence electrons. The fourth-order valence-corrected chi connectivity index (χ4v) is 3.38. The highest BCUT2D eigenvalue weighted by Gasteiger charge is 2.18. The van der Waals surface area contributed by atoms with Gasteiger partial charge in [-0.05, 0) is 30.3 Å². The van der Waals surface area contributed by atoms with Crippen molar-refractivity contribution in [3.05, 3.63) is 48.5 Å². The molecule has 0 spiro atoms. The first kappa shape index (κ1) is 15.3. The van der Waals surface area contributed by atoms with E-state index in [9.17, 15) is 16.8 Å². The molecule has 7 nitrogen and oxygen atoms in total. The Morgan fingerprint density at radius 2 is 1.48 bits per heavy atom. The van der Waals surface area contributed by atoms with Gasteiger partial charge in [-0.1, -0.05) is 18.2 Å². The van der Waals surface area contributed by atoms with Gasteiger partial charge in [0.1, 0.15) is 0 Å². The molecule has 0 bridgehead atoms. The molecule has 0 aliphatic heterocycles. The molecule has 0 unspecified atom stereocenters. The molecule has 5 N–H and O–H groups in total. The van der Waals surface area contributed by atoms with Crippen molar-refractivity contribution in [1.82, 2.24) is 0 Å². The minimum absolute atomic E-state index is 0.207. The van der Waals surface area contributed by atoms with E-state index in [1.807, 2.05) is 0 Å². The van der Waals surface area contributed by atoms with Crippen LogP contribution in [0.5, 0.6) is 0 Å². The Labute approximate surface area is 122 Å². The van der Waals surface area contributed by atoms with Crippen LogP contribution in [0.25, 0.3) is 0 Å². The number of hydrogen-bond donors (Lipinski definition) is 3. The second-order valence-electron chi connectivity index (χ2n) is 4.21. The maximum atomic E-state index is 12.2. The highest BCUT2D eigenvalue weighted by Crippen LogP contribution is 2.22. The summed E-state index contributed by atoms with van der Waals surface area (Å²) in [6, 6.07) is 11.1. The molecule has 0 fully saturated rings. The Morgan fingerprint density at radius 3 is 2.10 bits per heavy atom. The van der Waals surface area contributed by atoms with Gasteiger partial charge in [-0.15, -0.1) is 0 Å². The van der Waals surface area contributed by atoms with Crippen LogP contribution < -0.4 is 15.6 Å². The normalized spacial score (nSPS) is 12.0. The van der Waals surface area contributed by atoms with Gasteiger partial charge in [0.15, 0.2) is 0 Å². The Morgan fingerprint density at radius 1 is 0.857 bits per heavy atom. The van der Waals surface area contributed by atoms with Crippen LogP contribution in [-0.2, 0) is 20.0 Å². The molecule has 0 aliphatic rings. The number of benzene rings is 2. The smallest absolute Gasteiger partial charge is 0.262 e. The van der Waals surface area contributed by atoms with Crippen LogP contribution in [0.1, 0.15) is 0 Å². The van der Waals surface area contributed by atoms with E-state index in [2.05, 4.69) is 4.72 Å². The minimum atomic E-state index is -3.98. The van der Waals surface area contributed by atoms with Crippen LogP contribution in [-0.4, -0.2) is 16.8 Å². The molecular formula is C12H13N3O4S2. The van der Waals surface area contributed by atoms with Crippen molar-refractivity contribution in [2.75, 3.05) is 10.5 Å². The Kier molecular flexibility index (Phi) is 3.90. The van der Waals surface area contributed by atoms with Gasteiger partial charge < -0.3 is 5.73 Å². The second-order valence-corrected chi connectivity index (χ2v) is 7.46. The average molecular weight is 327 g/mol. The lowest BCUT2D eigenvalue weighted by molar-refractivity contribution is 0.597. The maximum Gasteiger partial charge on any atom is 0.262 e. The number of hydrogen-bond acceptors (Lipinski definition) is 5. The van der Waals surface area contributed by atoms with Gasteiger partial charge in [0.2, 0.25) is 10.0 Å². The molecule has 2 aromatic carbocycles. The number of para-hydroxylation sites is 2. The maximum absolute atomic E-state index is 12.2. The molecule has 2 aromatic rings. The summed E-state index contributed by atoms with van der Waals surface area (Å²) in [7, 11) is -7.95. The largest absolute Gasteiger partial charge is 0.397 e. The average Bonchev–Trinajstić information content (AvgIpc) is 2.40. The van der Waals surface area contributed by atoms with Crippen molar-refractivity contribution in [2.24, 2.45) is 5.14 Å². The highest BCUT2D eigenvalue weighted by atomic mass is 32.2. The van der Waals surface area contributed by atoms with Gasteiger partial charge in [-0.2, -0.15) is 0 Å². The van der Waals surface area contributed by atoms with E-state index >= 15 is 0 Å². The number of primary sulfonamides is 1. The summed E-state index contributed by atoms with van der Waals surface area (Å²) in [4.78, 5) is -0.510. The lowest BCUT2D eigenvalue weighted by Crippen LogP contribution is -2.16. The van der Waals surface area contributed by atoms with Gasteiger partial charge in [-0.3, -0.25) is 4.72 Å². The van der Waals surface area contributed by atoms with E-state index in [0.717, 1.165) is 6.07 Å². The first-order chi connectivity index (χ1) is 9.70. The molecule has 0 saturated heterocycles. The van der Waals surface area contributed by atoms with Crippen LogP contribution >= 0.6 is 0 Å². The monoisotopic (exact) mass is 327 g/mol. The third-order valence-corrected chi connectivity index (χ3v) is 4.92. The predicted octanol–water partition coefficient (Wildman–Crippen LogP) is 0.717. The molecule has 0 aliphatic carbocycles. The summed E-state index contributed by atoms with van der Waals surface area (Å²) in [5.41, 5.74) is 6.12. The molecule has 0 amide bonds. The predicted molar refractivity (Wildman–Crippen MR) is 79.5 cm³/mol. The van der Waals surface area contributed by atoms with Crippen molar-refractivity contribution >= 4 is 31.4 Å². The first-order valence-electron chi connectivity index (χ1n) is 5.70. The van der Waals surface area contributed by atoms with Crippen LogP contribution in [0.15, 0.2) is 58.3 Å². The molecule has 0 atom stereocenters. The van der Waals surface area contributed by atoms with E-state index in [1.165, 1.54) is 24.3 Å².